The summed E-state index contributed by atoms with van der Waals surface area (Å²) in [5.41, 5.74) is 2.08. The molecule has 0 radical (unpaired) electrons. The number of hydrogen-bond donors (Lipinski definition) is 1. The quantitative estimate of drug-likeness (QED) is 0.632. The zero-order valence-corrected chi connectivity index (χ0v) is 15.9. The normalized spacial score (nSPS) is 15.2. The summed E-state index contributed by atoms with van der Waals surface area (Å²) in [5, 5.41) is 20.4. The van der Waals surface area contributed by atoms with Gasteiger partial charge >= 0.3 is 0 Å². The van der Waals surface area contributed by atoms with E-state index in [1.54, 1.807) is 12.1 Å². The number of thioether (sulfide) groups is 1. The van der Waals surface area contributed by atoms with Crippen LogP contribution in [0, 0.1) is 0 Å². The number of carboxylic acids is 1. The number of fused-ring (bicyclic) bond motifs is 1. The van der Waals surface area contributed by atoms with Gasteiger partial charge in [-0.2, -0.15) is 11.8 Å². The van der Waals surface area contributed by atoms with E-state index in [0.717, 1.165) is 41.9 Å². The van der Waals surface area contributed by atoms with Crippen LogP contribution in [0.3, 0.4) is 0 Å². The number of rotatable bonds is 10. The largest absolute Gasteiger partial charge is 0.546 e. The van der Waals surface area contributed by atoms with E-state index in [4.69, 9.17) is 9.47 Å². The Labute approximate surface area is 163 Å². The third-order valence-electron chi connectivity index (χ3n) is 4.56. The number of carbonyl (C=O) groups is 1. The summed E-state index contributed by atoms with van der Waals surface area (Å²) in [6.07, 6.45) is 2.91. The fourth-order valence-electron chi connectivity index (χ4n) is 3.19. The minimum atomic E-state index is -1.25. The second-order valence-corrected chi connectivity index (χ2v) is 7.70. The van der Waals surface area contributed by atoms with Gasteiger partial charge in [0.2, 0.25) is 0 Å². The monoisotopic (exact) mass is 387 g/mol. The van der Waals surface area contributed by atoms with Crippen LogP contribution in [-0.2, 0) is 11.2 Å². The molecule has 0 saturated heterocycles. The highest BCUT2D eigenvalue weighted by molar-refractivity contribution is 7.99. The molecule has 0 amide bonds. The molecule has 3 rings (SSSR count). The number of benzene rings is 2. The van der Waals surface area contributed by atoms with Crippen LogP contribution in [0.2, 0.25) is 0 Å². The highest BCUT2D eigenvalue weighted by atomic mass is 32.2. The Kier molecular flexibility index (Phi) is 6.87. The number of para-hydroxylation sites is 2. The average molecular weight is 387 g/mol. The minimum absolute atomic E-state index is 0.303. The summed E-state index contributed by atoms with van der Waals surface area (Å²) in [7, 11) is 0. The molecule has 2 aromatic rings. The van der Waals surface area contributed by atoms with Crippen LogP contribution < -0.4 is 14.6 Å². The summed E-state index contributed by atoms with van der Waals surface area (Å²) in [6.45, 7) is 0.122. The van der Waals surface area contributed by atoms with Gasteiger partial charge in [-0.3, -0.25) is 0 Å². The van der Waals surface area contributed by atoms with E-state index in [-0.39, 0.29) is 0 Å². The third-order valence-corrected chi connectivity index (χ3v) is 5.66. The number of ether oxygens (including phenoxy) is 2. The smallest absolute Gasteiger partial charge is 0.164 e. The van der Waals surface area contributed by atoms with E-state index in [1.165, 1.54) is 0 Å². The second kappa shape index (κ2) is 9.55. The Morgan fingerprint density at radius 1 is 1.22 bits per heavy atom. The van der Waals surface area contributed by atoms with Crippen LogP contribution >= 0.6 is 11.8 Å². The number of phenols is 1. The van der Waals surface area contributed by atoms with E-state index in [0.29, 0.717) is 29.8 Å². The fourth-order valence-corrected chi connectivity index (χ4v) is 4.19. The van der Waals surface area contributed by atoms with Crippen molar-refractivity contribution < 1.29 is 24.5 Å². The molecule has 1 N–H and O–H groups in total. The van der Waals surface area contributed by atoms with Gasteiger partial charge in [0.05, 0.1) is 12.6 Å². The summed E-state index contributed by atoms with van der Waals surface area (Å²) >= 11 is 1.90. The van der Waals surface area contributed by atoms with Gasteiger partial charge in [-0.05, 0) is 48.5 Å². The van der Waals surface area contributed by atoms with Crippen molar-refractivity contribution in [3.05, 3.63) is 53.6 Å². The summed E-state index contributed by atoms with van der Waals surface area (Å²) < 4.78 is 11.0. The van der Waals surface area contributed by atoms with Crippen LogP contribution in [0.1, 0.15) is 29.9 Å². The van der Waals surface area contributed by atoms with Crippen LogP contribution in [0.15, 0.2) is 42.5 Å². The summed E-state index contributed by atoms with van der Waals surface area (Å²) in [6, 6.07) is 13.1. The molecule has 1 aliphatic heterocycles. The van der Waals surface area contributed by atoms with Gasteiger partial charge in [0.1, 0.15) is 12.4 Å². The molecule has 1 heterocycles. The number of carbonyl (C=O) groups excluding carboxylic acids is 1. The maximum atomic E-state index is 10.6. The lowest BCUT2D eigenvalue weighted by molar-refractivity contribution is -0.307. The highest BCUT2D eigenvalue weighted by Crippen LogP contribution is 2.42. The molecule has 6 heteroatoms. The minimum Gasteiger partial charge on any atom is -0.546 e. The van der Waals surface area contributed by atoms with Crippen molar-refractivity contribution in [2.75, 3.05) is 24.7 Å². The van der Waals surface area contributed by atoms with Crippen molar-refractivity contribution in [3.63, 3.8) is 0 Å². The zero-order valence-electron chi connectivity index (χ0n) is 15.1. The molecule has 2 aromatic carbocycles. The summed E-state index contributed by atoms with van der Waals surface area (Å²) in [5.74, 6) is 2.63. The van der Waals surface area contributed by atoms with E-state index in [9.17, 15) is 15.0 Å². The standard InChI is InChI=1S/C21H24O5S/c22-18-8-2-1-5-15(18)6-4-11-27-12-10-16-13-26-21-17(16)7-3-9-19(21)25-14-20(23)24/h1-3,5,7-9,16,22H,4,6,10-14H2,(H,23,24)/p-1. The van der Waals surface area contributed by atoms with Crippen LogP contribution in [0.4, 0.5) is 0 Å². The fraction of sp³-hybridized carbons (Fsp3) is 0.381. The van der Waals surface area contributed by atoms with Crippen molar-refractivity contribution in [3.8, 4) is 17.2 Å². The molecule has 0 spiro atoms. The number of aromatic hydroxyl groups is 1. The Morgan fingerprint density at radius 2 is 2.07 bits per heavy atom. The zero-order chi connectivity index (χ0) is 19.1. The van der Waals surface area contributed by atoms with Gasteiger partial charge in [-0.25, -0.2) is 0 Å². The average Bonchev–Trinajstić information content (AvgIpc) is 3.08. The first kappa shape index (κ1) is 19.4. The molecule has 0 bridgehead atoms. The molecule has 0 aliphatic carbocycles. The maximum absolute atomic E-state index is 10.6. The molecular weight excluding hydrogens is 364 g/mol. The van der Waals surface area contributed by atoms with Gasteiger partial charge in [0.25, 0.3) is 0 Å². The molecule has 1 aliphatic rings. The van der Waals surface area contributed by atoms with Crippen LogP contribution in [0.25, 0.3) is 0 Å². The predicted octanol–water partition coefficient (Wildman–Crippen LogP) is 2.75. The predicted molar refractivity (Wildman–Crippen MR) is 104 cm³/mol. The molecule has 1 atom stereocenters. The molecule has 0 fully saturated rings. The molecule has 1 unspecified atom stereocenters. The van der Waals surface area contributed by atoms with Gasteiger partial charge < -0.3 is 24.5 Å². The highest BCUT2D eigenvalue weighted by Gasteiger charge is 2.26. The number of aryl methyl sites for hydroxylation is 1. The number of aliphatic carboxylic acids is 1. The Morgan fingerprint density at radius 3 is 2.89 bits per heavy atom. The molecule has 5 nitrogen and oxygen atoms in total. The Balaban J connectivity index is 1.41. The first-order chi connectivity index (χ1) is 13.1. The third kappa shape index (κ3) is 5.32. The van der Waals surface area contributed by atoms with Gasteiger partial charge in [-0.15, -0.1) is 0 Å². The Hall–Kier alpha value is -2.34. The molecule has 27 heavy (non-hydrogen) atoms. The molecular formula is C21H23O5S-. The lowest BCUT2D eigenvalue weighted by Crippen LogP contribution is -2.29. The topological polar surface area (TPSA) is 78.8 Å². The number of phenolic OH excluding ortho intramolecular Hbond substituents is 1. The van der Waals surface area contributed by atoms with E-state index in [1.807, 2.05) is 42.1 Å². The van der Waals surface area contributed by atoms with Crippen LogP contribution in [-0.4, -0.2) is 35.8 Å². The van der Waals surface area contributed by atoms with Crippen molar-refractivity contribution in [1.29, 1.82) is 0 Å². The van der Waals surface area contributed by atoms with E-state index >= 15 is 0 Å². The lowest BCUT2D eigenvalue weighted by Gasteiger charge is -2.11. The van der Waals surface area contributed by atoms with Crippen LogP contribution in [0.5, 0.6) is 17.2 Å². The lowest BCUT2D eigenvalue weighted by atomic mass is 9.98. The van der Waals surface area contributed by atoms with Gasteiger partial charge in [-0.1, -0.05) is 30.3 Å². The second-order valence-electron chi connectivity index (χ2n) is 6.48. The van der Waals surface area contributed by atoms with Gasteiger partial charge in [0, 0.05) is 11.5 Å². The summed E-state index contributed by atoms with van der Waals surface area (Å²) in [4.78, 5) is 10.6. The van der Waals surface area contributed by atoms with Crippen molar-refractivity contribution in [1.82, 2.24) is 0 Å². The van der Waals surface area contributed by atoms with Crippen molar-refractivity contribution >= 4 is 17.7 Å². The van der Waals surface area contributed by atoms with Crippen molar-refractivity contribution in [2.45, 2.75) is 25.2 Å². The SMILES string of the molecule is O=C([O-])COc1cccc2c1OCC2CCSCCCc1ccccc1O. The van der Waals surface area contributed by atoms with E-state index < -0.39 is 12.6 Å². The van der Waals surface area contributed by atoms with Gasteiger partial charge in [0.15, 0.2) is 11.5 Å². The number of carboxylic acid groups (broad SMARTS) is 1. The first-order valence-corrected chi connectivity index (χ1v) is 10.2. The molecule has 0 aromatic heterocycles. The first-order valence-electron chi connectivity index (χ1n) is 9.08. The van der Waals surface area contributed by atoms with Crippen molar-refractivity contribution in [2.24, 2.45) is 0 Å². The number of hydrogen-bond acceptors (Lipinski definition) is 6. The molecule has 144 valence electrons. The van der Waals surface area contributed by atoms with E-state index in [2.05, 4.69) is 0 Å². The Bertz CT molecular complexity index is 777. The maximum Gasteiger partial charge on any atom is 0.164 e. The molecule has 0 saturated carbocycles.